The van der Waals surface area contributed by atoms with Crippen molar-refractivity contribution in [1.29, 1.82) is 0 Å². The molecule has 0 bridgehead atoms. The first-order chi connectivity index (χ1) is 9.65. The Kier molecular flexibility index (Phi) is 3.73. The zero-order valence-corrected chi connectivity index (χ0v) is 12.9. The zero-order valence-electron chi connectivity index (χ0n) is 10.7. The molecule has 20 heavy (non-hydrogen) atoms. The van der Waals surface area contributed by atoms with E-state index in [-0.39, 0.29) is 9.97 Å². The minimum atomic E-state index is -0.703. The van der Waals surface area contributed by atoms with E-state index in [1.807, 2.05) is 30.5 Å². The topological polar surface area (TPSA) is 66.3 Å². The Balaban J connectivity index is 1.86. The van der Waals surface area contributed by atoms with Crippen LogP contribution < -0.4 is 4.90 Å². The summed E-state index contributed by atoms with van der Waals surface area (Å²) in [5.41, 5.74) is 0.918. The molecule has 0 aliphatic carbocycles. The summed E-state index contributed by atoms with van der Waals surface area (Å²) in [6.07, 6.45) is 3.10. The third-order valence-corrected chi connectivity index (χ3v) is 4.80. The largest absolute Gasteiger partial charge is 0.481 e. The number of carboxylic acid groups (broad SMARTS) is 1. The van der Waals surface area contributed by atoms with Gasteiger partial charge in [-0.05, 0) is 18.9 Å². The van der Waals surface area contributed by atoms with Crippen molar-refractivity contribution < 1.29 is 9.90 Å². The van der Waals surface area contributed by atoms with Crippen LogP contribution in [-0.2, 0) is 4.79 Å². The lowest BCUT2D eigenvalue weighted by Crippen LogP contribution is -2.42. The molecule has 1 fully saturated rings. The van der Waals surface area contributed by atoms with Crippen LogP contribution in [0.1, 0.15) is 12.8 Å². The van der Waals surface area contributed by atoms with Gasteiger partial charge in [0.15, 0.2) is 0 Å². The third kappa shape index (κ3) is 2.56. The lowest BCUT2D eigenvalue weighted by molar-refractivity contribution is -0.142. The van der Waals surface area contributed by atoms with Crippen molar-refractivity contribution in [3.63, 3.8) is 0 Å². The summed E-state index contributed by atoms with van der Waals surface area (Å²) in [4.78, 5) is 22.1. The monoisotopic (exact) mass is 383 g/mol. The number of para-hydroxylation sites is 1. The molecule has 1 aromatic carbocycles. The lowest BCUT2D eigenvalue weighted by Gasteiger charge is -2.35. The van der Waals surface area contributed by atoms with Gasteiger partial charge in [-0.25, -0.2) is 9.97 Å². The summed E-state index contributed by atoms with van der Waals surface area (Å²) in [5, 5.41) is 10.1. The summed E-state index contributed by atoms with van der Waals surface area (Å²) in [5.74, 6) is -0.272. The van der Waals surface area contributed by atoms with Crippen molar-refractivity contribution in [1.82, 2.24) is 9.97 Å². The van der Waals surface area contributed by atoms with Crippen LogP contribution >= 0.6 is 22.6 Å². The van der Waals surface area contributed by atoms with E-state index in [9.17, 15) is 4.79 Å². The van der Waals surface area contributed by atoms with Crippen molar-refractivity contribution in [2.45, 2.75) is 16.9 Å². The summed E-state index contributed by atoms with van der Waals surface area (Å²) in [6.45, 7) is 0.683. The maximum absolute atomic E-state index is 11.1. The van der Waals surface area contributed by atoms with Crippen LogP contribution in [0.3, 0.4) is 0 Å². The van der Waals surface area contributed by atoms with E-state index in [4.69, 9.17) is 5.11 Å². The maximum Gasteiger partial charge on any atom is 0.306 e. The minimum absolute atomic E-state index is 0.114. The summed E-state index contributed by atoms with van der Waals surface area (Å²) in [7, 11) is 0. The fraction of sp³-hybridized carbons (Fsp3) is 0.357. The molecule has 2 heterocycles. The molecule has 1 aromatic heterocycles. The minimum Gasteiger partial charge on any atom is -0.481 e. The molecular weight excluding hydrogens is 369 g/mol. The smallest absolute Gasteiger partial charge is 0.306 e. The van der Waals surface area contributed by atoms with Crippen LogP contribution in [0.2, 0.25) is 0 Å². The molecule has 0 radical (unpaired) electrons. The second kappa shape index (κ2) is 5.51. The lowest BCUT2D eigenvalue weighted by atomic mass is 9.97. The van der Waals surface area contributed by atoms with Gasteiger partial charge in [0.05, 0.1) is 15.5 Å². The molecule has 0 amide bonds. The number of aromatic nitrogens is 2. The van der Waals surface area contributed by atoms with Gasteiger partial charge in [-0.3, -0.25) is 4.79 Å². The summed E-state index contributed by atoms with van der Waals surface area (Å²) in [6, 6.07) is 7.87. The van der Waals surface area contributed by atoms with Gasteiger partial charge in [0, 0.05) is 18.1 Å². The van der Waals surface area contributed by atoms with Crippen molar-refractivity contribution in [2.24, 2.45) is 5.92 Å². The highest BCUT2D eigenvalue weighted by Crippen LogP contribution is 2.30. The number of benzene rings is 1. The number of halogens is 1. The molecule has 2 aromatic rings. The molecule has 3 rings (SSSR count). The molecule has 5 nitrogen and oxygen atoms in total. The number of piperidine rings is 1. The van der Waals surface area contributed by atoms with E-state index >= 15 is 0 Å². The van der Waals surface area contributed by atoms with Crippen molar-refractivity contribution in [3.8, 4) is 0 Å². The van der Waals surface area contributed by atoms with Gasteiger partial charge >= 0.3 is 5.97 Å². The van der Waals surface area contributed by atoms with Crippen LogP contribution in [0, 0.1) is 5.92 Å². The first kappa shape index (κ1) is 13.5. The van der Waals surface area contributed by atoms with Crippen LogP contribution in [0.4, 0.5) is 5.95 Å². The molecule has 1 N–H and O–H groups in total. The molecule has 1 saturated heterocycles. The number of carbonyl (C=O) groups is 1. The van der Waals surface area contributed by atoms with Gasteiger partial charge in [0.25, 0.3) is 0 Å². The SMILES string of the molecule is O=C(O)C1CCN(c2ncc3ccccc3n2)C(I)C1. The number of carboxylic acids is 1. The number of rotatable bonds is 2. The average molecular weight is 383 g/mol. The molecule has 0 saturated carbocycles. The third-order valence-electron chi connectivity index (χ3n) is 3.62. The van der Waals surface area contributed by atoms with Crippen LogP contribution in [0.5, 0.6) is 0 Å². The van der Waals surface area contributed by atoms with E-state index in [0.717, 1.165) is 10.9 Å². The summed E-state index contributed by atoms with van der Waals surface area (Å²) < 4.78 is 0.114. The Bertz CT molecular complexity index is 649. The quantitative estimate of drug-likeness (QED) is 0.491. The van der Waals surface area contributed by atoms with Crippen LogP contribution in [-0.4, -0.2) is 31.6 Å². The van der Waals surface area contributed by atoms with Gasteiger partial charge < -0.3 is 10.0 Å². The Morgan fingerprint density at radius 1 is 1.40 bits per heavy atom. The van der Waals surface area contributed by atoms with E-state index < -0.39 is 5.97 Å². The molecule has 2 atom stereocenters. The Labute approximate surface area is 130 Å². The standard InChI is InChI=1S/C14H14IN3O2/c15-12-7-9(13(19)20)5-6-18(12)14-16-8-10-3-1-2-4-11(10)17-14/h1-4,8-9,12H,5-7H2,(H,19,20). The normalized spacial score (nSPS) is 22.9. The fourth-order valence-electron chi connectivity index (χ4n) is 2.47. The number of anilines is 1. The van der Waals surface area contributed by atoms with Gasteiger partial charge in [-0.1, -0.05) is 40.8 Å². The first-order valence-electron chi connectivity index (χ1n) is 6.50. The predicted octanol–water partition coefficient (Wildman–Crippen LogP) is 2.69. The Morgan fingerprint density at radius 3 is 2.95 bits per heavy atom. The summed E-state index contributed by atoms with van der Waals surface area (Å²) >= 11 is 2.28. The predicted molar refractivity (Wildman–Crippen MR) is 85.1 cm³/mol. The molecule has 0 spiro atoms. The number of hydrogen-bond donors (Lipinski definition) is 1. The Morgan fingerprint density at radius 2 is 2.20 bits per heavy atom. The highest BCUT2D eigenvalue weighted by molar-refractivity contribution is 14.1. The van der Waals surface area contributed by atoms with Gasteiger partial charge in [-0.15, -0.1) is 0 Å². The highest BCUT2D eigenvalue weighted by Gasteiger charge is 2.31. The van der Waals surface area contributed by atoms with Crippen molar-refractivity contribution in [3.05, 3.63) is 30.5 Å². The number of hydrogen-bond acceptors (Lipinski definition) is 4. The number of fused-ring (bicyclic) bond motifs is 1. The highest BCUT2D eigenvalue weighted by atomic mass is 127. The fourth-order valence-corrected chi connectivity index (χ4v) is 3.61. The van der Waals surface area contributed by atoms with Crippen LogP contribution in [0.25, 0.3) is 10.9 Å². The number of aliphatic carboxylic acids is 1. The van der Waals surface area contributed by atoms with E-state index in [0.29, 0.717) is 25.3 Å². The molecule has 2 unspecified atom stereocenters. The molecule has 104 valence electrons. The van der Waals surface area contributed by atoms with Gasteiger partial charge in [0.2, 0.25) is 5.95 Å². The Hall–Kier alpha value is -1.44. The van der Waals surface area contributed by atoms with Gasteiger partial charge in [-0.2, -0.15) is 0 Å². The first-order valence-corrected chi connectivity index (χ1v) is 7.75. The van der Waals surface area contributed by atoms with E-state index in [1.54, 1.807) is 0 Å². The van der Waals surface area contributed by atoms with Crippen LogP contribution in [0.15, 0.2) is 30.5 Å². The average Bonchev–Trinajstić information content (AvgIpc) is 2.46. The molecular formula is C14H14IN3O2. The number of alkyl halides is 1. The second-order valence-electron chi connectivity index (χ2n) is 4.92. The zero-order chi connectivity index (χ0) is 14.1. The van der Waals surface area contributed by atoms with Gasteiger partial charge in [0.1, 0.15) is 0 Å². The second-order valence-corrected chi connectivity index (χ2v) is 6.35. The van der Waals surface area contributed by atoms with E-state index in [1.165, 1.54) is 0 Å². The maximum atomic E-state index is 11.1. The molecule has 6 heteroatoms. The molecule has 1 aliphatic rings. The molecule has 1 aliphatic heterocycles. The van der Waals surface area contributed by atoms with Crippen molar-refractivity contribution >= 4 is 45.4 Å². The van der Waals surface area contributed by atoms with Crippen molar-refractivity contribution in [2.75, 3.05) is 11.4 Å². The number of nitrogens with zero attached hydrogens (tertiary/aromatic N) is 3. The van der Waals surface area contributed by atoms with E-state index in [2.05, 4.69) is 37.5 Å².